The number of aromatic nitrogens is 2. The first-order valence-corrected chi connectivity index (χ1v) is 9.64. The summed E-state index contributed by atoms with van der Waals surface area (Å²) in [5, 5.41) is 5.57. The highest BCUT2D eigenvalue weighted by Crippen LogP contribution is 2.33. The fourth-order valence-corrected chi connectivity index (χ4v) is 2.79. The lowest BCUT2D eigenvalue weighted by atomic mass is 10.3. The minimum absolute atomic E-state index is 0.480. The molecule has 0 fully saturated rings. The number of ether oxygens (including phenoxy) is 1. The molecule has 0 aliphatic heterocycles. The van der Waals surface area contributed by atoms with E-state index in [0.29, 0.717) is 6.73 Å². The summed E-state index contributed by atoms with van der Waals surface area (Å²) in [6.07, 6.45) is 6.91. The van der Waals surface area contributed by atoms with Gasteiger partial charge in [-0.15, -0.1) is 0 Å². The third kappa shape index (κ3) is 3.49. The molecule has 0 aliphatic carbocycles. The lowest BCUT2D eigenvalue weighted by Crippen LogP contribution is -2.10. The van der Waals surface area contributed by atoms with Crippen LogP contribution in [-0.2, 0) is 11.5 Å². The lowest BCUT2D eigenvalue weighted by Gasteiger charge is -2.24. The zero-order chi connectivity index (χ0) is 13.2. The highest BCUT2D eigenvalue weighted by atomic mass is 79.9. The molecule has 18 heavy (non-hydrogen) atoms. The van der Waals surface area contributed by atoms with E-state index in [9.17, 15) is 0 Å². The van der Waals surface area contributed by atoms with E-state index >= 15 is 0 Å². The summed E-state index contributed by atoms with van der Waals surface area (Å²) in [6, 6.07) is 8.16. The molecule has 0 saturated heterocycles. The minimum Gasteiger partial charge on any atom is -0.358 e. The Balaban J connectivity index is 2.00. The van der Waals surface area contributed by atoms with Crippen LogP contribution in [0, 0.1) is 0 Å². The van der Waals surface area contributed by atoms with Crippen LogP contribution in [0.1, 0.15) is 0 Å². The van der Waals surface area contributed by atoms with E-state index in [2.05, 4.69) is 51.9 Å². The Kier molecular flexibility index (Phi) is 4.35. The van der Waals surface area contributed by atoms with E-state index in [0.717, 1.165) is 27.9 Å². The summed E-state index contributed by atoms with van der Waals surface area (Å²) in [5.41, 5.74) is 1.10. The van der Waals surface area contributed by atoms with Crippen molar-refractivity contribution in [2.45, 2.75) is 6.73 Å². The van der Waals surface area contributed by atoms with Crippen molar-refractivity contribution in [1.29, 1.82) is 0 Å². The van der Waals surface area contributed by atoms with Gasteiger partial charge >= 0.3 is 0 Å². The molecule has 0 amide bonds. The van der Waals surface area contributed by atoms with E-state index in [1.165, 1.54) is 0 Å². The number of para-hydroxylation sites is 1. The highest BCUT2D eigenvalue weighted by Gasteiger charge is 2.08. The molecule has 0 bridgehead atoms. The van der Waals surface area contributed by atoms with Gasteiger partial charge in [0.25, 0.3) is 0 Å². The molecule has 0 atom stereocenters. The standard InChI is InChI=1S/C13H19BrN2OS/c1-18(2,3)9-8-17-10-16-12-7-5-4-6-11(12)13(14)15-16/h4-7H,8-10H2,1-3H3. The fraction of sp³-hybridized carbons (Fsp3) is 0.462. The van der Waals surface area contributed by atoms with Gasteiger partial charge in [0.05, 0.1) is 12.1 Å². The molecule has 0 aliphatic rings. The zero-order valence-electron chi connectivity index (χ0n) is 11.0. The van der Waals surface area contributed by atoms with Crippen LogP contribution in [0.25, 0.3) is 10.9 Å². The van der Waals surface area contributed by atoms with E-state index in [4.69, 9.17) is 4.74 Å². The maximum absolute atomic E-state index is 5.72. The van der Waals surface area contributed by atoms with Gasteiger partial charge in [-0.3, -0.25) is 0 Å². The highest BCUT2D eigenvalue weighted by molar-refractivity contribution is 9.10. The summed E-state index contributed by atoms with van der Waals surface area (Å²) in [7, 11) is -0.480. The predicted molar refractivity (Wildman–Crippen MR) is 83.6 cm³/mol. The maximum Gasteiger partial charge on any atom is 0.140 e. The summed E-state index contributed by atoms with van der Waals surface area (Å²) in [5.74, 6) is 1.13. The van der Waals surface area contributed by atoms with Gasteiger partial charge in [-0.25, -0.2) is 14.7 Å². The molecule has 0 spiro atoms. The van der Waals surface area contributed by atoms with Crippen molar-refractivity contribution in [3.05, 3.63) is 28.9 Å². The van der Waals surface area contributed by atoms with Gasteiger partial charge in [-0.1, -0.05) is 18.2 Å². The smallest absolute Gasteiger partial charge is 0.140 e. The van der Waals surface area contributed by atoms with E-state index in [1.807, 2.05) is 16.8 Å². The molecule has 3 nitrogen and oxygen atoms in total. The molecule has 0 saturated carbocycles. The molecule has 1 heterocycles. The SMILES string of the molecule is CS(C)(C)CCOCn1nc(Br)c2ccccc21. The second kappa shape index (κ2) is 5.63. The van der Waals surface area contributed by atoms with Gasteiger partial charge < -0.3 is 4.74 Å². The maximum atomic E-state index is 5.72. The van der Waals surface area contributed by atoms with Gasteiger partial charge in [0.2, 0.25) is 0 Å². The largest absolute Gasteiger partial charge is 0.358 e. The molecule has 0 radical (unpaired) electrons. The first kappa shape index (κ1) is 13.9. The van der Waals surface area contributed by atoms with Crippen molar-refractivity contribution in [1.82, 2.24) is 9.78 Å². The number of nitrogens with zero attached hydrogens (tertiary/aromatic N) is 2. The van der Waals surface area contributed by atoms with Crippen LogP contribution in [0.4, 0.5) is 0 Å². The summed E-state index contributed by atoms with van der Waals surface area (Å²) >= 11 is 3.48. The van der Waals surface area contributed by atoms with Gasteiger partial charge in [-0.2, -0.15) is 5.10 Å². The Labute approximate surface area is 118 Å². The quantitative estimate of drug-likeness (QED) is 0.785. The number of benzene rings is 1. The van der Waals surface area contributed by atoms with Gasteiger partial charge in [-0.05, 0) is 40.8 Å². The predicted octanol–water partition coefficient (Wildman–Crippen LogP) is 3.47. The zero-order valence-corrected chi connectivity index (χ0v) is 13.4. The molecule has 1 aromatic heterocycles. The van der Waals surface area contributed by atoms with Crippen LogP contribution in [0.15, 0.2) is 28.9 Å². The normalized spacial score (nSPS) is 13.1. The van der Waals surface area contributed by atoms with Crippen molar-refractivity contribution < 1.29 is 4.74 Å². The van der Waals surface area contributed by atoms with Crippen molar-refractivity contribution >= 4 is 36.9 Å². The van der Waals surface area contributed by atoms with Crippen LogP contribution in [0.3, 0.4) is 0 Å². The average Bonchev–Trinajstić information content (AvgIpc) is 2.62. The molecule has 100 valence electrons. The van der Waals surface area contributed by atoms with Gasteiger partial charge in [0.15, 0.2) is 0 Å². The Morgan fingerprint density at radius 1 is 1.28 bits per heavy atom. The summed E-state index contributed by atoms with van der Waals surface area (Å²) in [6.45, 7) is 1.31. The fourth-order valence-electron chi connectivity index (χ4n) is 1.65. The number of hydrogen-bond donors (Lipinski definition) is 0. The van der Waals surface area contributed by atoms with Crippen molar-refractivity contribution in [3.8, 4) is 0 Å². The number of rotatable bonds is 5. The molecule has 0 unspecified atom stereocenters. The van der Waals surface area contributed by atoms with Gasteiger partial charge in [0.1, 0.15) is 11.3 Å². The Bertz CT molecular complexity index is 533. The van der Waals surface area contributed by atoms with Crippen LogP contribution >= 0.6 is 26.0 Å². The van der Waals surface area contributed by atoms with Gasteiger partial charge in [0, 0.05) is 11.1 Å². The average molecular weight is 331 g/mol. The summed E-state index contributed by atoms with van der Waals surface area (Å²) < 4.78 is 8.50. The molecule has 1 aromatic carbocycles. The topological polar surface area (TPSA) is 27.1 Å². The summed E-state index contributed by atoms with van der Waals surface area (Å²) in [4.78, 5) is 0. The molecule has 2 rings (SSSR count). The molecular weight excluding hydrogens is 312 g/mol. The molecule has 5 heteroatoms. The Hall–Kier alpha value is -0.520. The Morgan fingerprint density at radius 2 is 2.00 bits per heavy atom. The third-order valence-corrected chi connectivity index (χ3v) is 4.64. The Morgan fingerprint density at radius 3 is 2.72 bits per heavy atom. The van der Waals surface area contributed by atoms with E-state index < -0.39 is 10.0 Å². The van der Waals surface area contributed by atoms with Crippen LogP contribution < -0.4 is 0 Å². The van der Waals surface area contributed by atoms with Crippen molar-refractivity contribution in [2.75, 3.05) is 31.1 Å². The number of fused-ring (bicyclic) bond motifs is 1. The first-order valence-electron chi connectivity index (χ1n) is 5.82. The molecular formula is C13H19BrN2OS. The monoisotopic (exact) mass is 330 g/mol. The second-order valence-corrected chi connectivity index (χ2v) is 10.5. The third-order valence-electron chi connectivity index (χ3n) is 2.67. The number of halogens is 1. The second-order valence-electron chi connectivity index (χ2n) is 5.14. The van der Waals surface area contributed by atoms with Crippen LogP contribution in [0.5, 0.6) is 0 Å². The first-order chi connectivity index (χ1) is 8.47. The van der Waals surface area contributed by atoms with E-state index in [-0.39, 0.29) is 0 Å². The van der Waals surface area contributed by atoms with Crippen LogP contribution in [0.2, 0.25) is 0 Å². The minimum atomic E-state index is -0.480. The van der Waals surface area contributed by atoms with Crippen molar-refractivity contribution in [3.63, 3.8) is 0 Å². The molecule has 0 N–H and O–H groups in total. The number of hydrogen-bond acceptors (Lipinski definition) is 2. The molecule has 2 aromatic rings. The van der Waals surface area contributed by atoms with E-state index in [1.54, 1.807) is 0 Å². The lowest BCUT2D eigenvalue weighted by molar-refractivity contribution is 0.0838. The van der Waals surface area contributed by atoms with Crippen molar-refractivity contribution in [2.24, 2.45) is 0 Å². The van der Waals surface area contributed by atoms with Crippen LogP contribution in [-0.4, -0.2) is 40.9 Å².